The van der Waals surface area contributed by atoms with Gasteiger partial charge < -0.3 is 18.9 Å². The molecule has 0 radical (unpaired) electrons. The van der Waals surface area contributed by atoms with Crippen molar-refractivity contribution in [2.75, 3.05) is 20.3 Å². The summed E-state index contributed by atoms with van der Waals surface area (Å²) in [7, 11) is 1.51. The second-order valence-corrected chi connectivity index (χ2v) is 7.03. The molecular weight excluding hydrogens is 402 g/mol. The number of methoxy groups -OCH3 is 1. The molecule has 0 fully saturated rings. The van der Waals surface area contributed by atoms with E-state index >= 15 is 0 Å². The Morgan fingerprint density at radius 1 is 1.32 bits per heavy atom. The van der Waals surface area contributed by atoms with E-state index in [2.05, 4.69) is 5.32 Å². The summed E-state index contributed by atoms with van der Waals surface area (Å²) in [5.74, 6) is 1.62. The van der Waals surface area contributed by atoms with Gasteiger partial charge in [0.1, 0.15) is 11.5 Å². The normalized spacial score (nSPS) is 16.2. The molecule has 1 aliphatic carbocycles. The van der Waals surface area contributed by atoms with Gasteiger partial charge in [0.25, 0.3) is 6.47 Å². The fraction of sp³-hybridized carbons (Fsp3) is 0.435. The van der Waals surface area contributed by atoms with Crippen molar-refractivity contribution in [2.45, 2.75) is 39.5 Å². The molecule has 8 heteroatoms. The summed E-state index contributed by atoms with van der Waals surface area (Å²) in [6, 6.07) is 5.00. The van der Waals surface area contributed by atoms with Crippen LogP contribution in [0.3, 0.4) is 0 Å². The summed E-state index contributed by atoms with van der Waals surface area (Å²) in [6.07, 6.45) is 5.43. The van der Waals surface area contributed by atoms with Crippen molar-refractivity contribution in [1.82, 2.24) is 5.32 Å². The quantitative estimate of drug-likeness (QED) is 0.417. The number of rotatable bonds is 11. The molecule has 8 nitrogen and oxygen atoms in total. The highest BCUT2D eigenvalue weighted by Crippen LogP contribution is 2.27. The molecule has 0 saturated heterocycles. The van der Waals surface area contributed by atoms with Crippen molar-refractivity contribution in [3.8, 4) is 11.5 Å². The highest BCUT2D eigenvalue weighted by Gasteiger charge is 2.22. The highest BCUT2D eigenvalue weighted by molar-refractivity contribution is 5.92. The Bertz CT molecular complexity index is 844. The molecule has 31 heavy (non-hydrogen) atoms. The lowest BCUT2D eigenvalue weighted by atomic mass is 9.88. The number of nitrogens with one attached hydrogen (secondary N) is 1. The van der Waals surface area contributed by atoms with Crippen LogP contribution in [-0.2, 0) is 19.1 Å². The maximum Gasteiger partial charge on any atom is 0.411 e. The van der Waals surface area contributed by atoms with Crippen LogP contribution < -0.4 is 14.8 Å². The van der Waals surface area contributed by atoms with Crippen LogP contribution in [0.15, 0.2) is 35.7 Å². The third-order valence-corrected chi connectivity index (χ3v) is 4.77. The fourth-order valence-corrected chi connectivity index (χ4v) is 3.27. The second-order valence-electron chi connectivity index (χ2n) is 7.03. The number of carbonyl (C=O) groups excluding carboxylic acids is 3. The van der Waals surface area contributed by atoms with Crippen LogP contribution in [0.4, 0.5) is 4.79 Å². The van der Waals surface area contributed by atoms with E-state index in [4.69, 9.17) is 18.9 Å². The van der Waals surface area contributed by atoms with Crippen LogP contribution in [0, 0.1) is 5.92 Å². The van der Waals surface area contributed by atoms with Crippen LogP contribution in [0.5, 0.6) is 11.5 Å². The molecule has 1 aliphatic rings. The summed E-state index contributed by atoms with van der Waals surface area (Å²) in [6.45, 7) is 4.69. The number of hydrogen-bond donors (Lipinski definition) is 1. The average Bonchev–Trinajstić information content (AvgIpc) is 2.74. The molecule has 1 N–H and O–H groups in total. The first kappa shape index (κ1) is 24.0. The van der Waals surface area contributed by atoms with Gasteiger partial charge in [0.05, 0.1) is 26.1 Å². The van der Waals surface area contributed by atoms with Crippen molar-refractivity contribution in [1.29, 1.82) is 0 Å². The highest BCUT2D eigenvalue weighted by atomic mass is 16.5. The summed E-state index contributed by atoms with van der Waals surface area (Å²) in [4.78, 5) is 34.8. The van der Waals surface area contributed by atoms with Gasteiger partial charge in [0.2, 0.25) is 0 Å². The number of hydrogen-bond acceptors (Lipinski definition) is 7. The molecule has 1 amide bonds. The minimum absolute atomic E-state index is 0.0520. The summed E-state index contributed by atoms with van der Waals surface area (Å²) in [5, 5.41) is 2.63. The van der Waals surface area contributed by atoms with Gasteiger partial charge in [-0.15, -0.1) is 0 Å². The van der Waals surface area contributed by atoms with Gasteiger partial charge in [-0.25, -0.2) is 4.79 Å². The smallest absolute Gasteiger partial charge is 0.411 e. The lowest BCUT2D eigenvalue weighted by Gasteiger charge is -2.20. The van der Waals surface area contributed by atoms with Gasteiger partial charge >= 0.3 is 6.09 Å². The van der Waals surface area contributed by atoms with Crippen molar-refractivity contribution >= 4 is 24.4 Å². The zero-order valence-electron chi connectivity index (χ0n) is 18.1. The third kappa shape index (κ3) is 7.81. The zero-order chi connectivity index (χ0) is 22.6. The molecule has 1 aromatic carbocycles. The monoisotopic (exact) mass is 431 g/mol. The average molecular weight is 431 g/mol. The van der Waals surface area contributed by atoms with Crippen LogP contribution in [0.2, 0.25) is 0 Å². The Balaban J connectivity index is 1.79. The molecular formula is C23H29NO7. The summed E-state index contributed by atoms with van der Waals surface area (Å²) in [5.41, 5.74) is 1.11. The number of ketones is 1. The molecule has 168 valence electrons. The minimum atomic E-state index is -0.589. The van der Waals surface area contributed by atoms with E-state index in [1.807, 2.05) is 6.92 Å². The number of carbonyl (C=O) groups is 3. The Hall–Kier alpha value is -3.29. The van der Waals surface area contributed by atoms with E-state index in [1.54, 1.807) is 37.3 Å². The molecule has 2 rings (SSSR count). The third-order valence-electron chi connectivity index (χ3n) is 4.77. The van der Waals surface area contributed by atoms with E-state index in [0.29, 0.717) is 48.7 Å². The Kier molecular flexibility index (Phi) is 9.61. The number of alkyl carbamates (subject to hydrolysis) is 1. The van der Waals surface area contributed by atoms with Crippen LogP contribution in [0.1, 0.15) is 45.1 Å². The number of benzene rings is 1. The summed E-state index contributed by atoms with van der Waals surface area (Å²) < 4.78 is 20.7. The van der Waals surface area contributed by atoms with Crippen molar-refractivity contribution in [2.24, 2.45) is 5.92 Å². The van der Waals surface area contributed by atoms with E-state index in [9.17, 15) is 14.4 Å². The Labute approximate surface area is 182 Å². The molecule has 1 unspecified atom stereocenters. The SMILES string of the molecule is CCOC1=CC(=O)C(CCCOC(=O)N/C(C)=C/c2ccc(OC)cc2OC=O)CC1. The molecule has 0 aliphatic heterocycles. The Morgan fingerprint density at radius 3 is 2.81 bits per heavy atom. The maximum atomic E-state index is 12.1. The molecule has 1 aromatic rings. The largest absolute Gasteiger partial charge is 0.498 e. The molecule has 0 heterocycles. The van der Waals surface area contributed by atoms with E-state index in [-0.39, 0.29) is 18.3 Å². The minimum Gasteiger partial charge on any atom is -0.498 e. The van der Waals surface area contributed by atoms with Gasteiger partial charge in [-0.3, -0.25) is 14.9 Å². The lowest BCUT2D eigenvalue weighted by Crippen LogP contribution is -2.23. The van der Waals surface area contributed by atoms with Crippen molar-refractivity contribution < 1.29 is 33.3 Å². The maximum absolute atomic E-state index is 12.1. The number of amides is 1. The molecule has 0 bridgehead atoms. The molecule has 0 aromatic heterocycles. The van der Waals surface area contributed by atoms with Gasteiger partial charge in [-0.2, -0.15) is 0 Å². The van der Waals surface area contributed by atoms with Crippen LogP contribution in [0.25, 0.3) is 6.08 Å². The molecule has 0 spiro atoms. The fourth-order valence-electron chi connectivity index (χ4n) is 3.27. The topological polar surface area (TPSA) is 100 Å². The van der Waals surface area contributed by atoms with E-state index in [1.165, 1.54) is 7.11 Å². The predicted octanol–water partition coefficient (Wildman–Crippen LogP) is 4.00. The first-order chi connectivity index (χ1) is 15.0. The van der Waals surface area contributed by atoms with Gasteiger partial charge in [0, 0.05) is 35.7 Å². The van der Waals surface area contributed by atoms with Crippen molar-refractivity contribution in [3.05, 3.63) is 41.3 Å². The molecule has 0 saturated carbocycles. The summed E-state index contributed by atoms with van der Waals surface area (Å²) >= 11 is 0. The van der Waals surface area contributed by atoms with E-state index < -0.39 is 6.09 Å². The van der Waals surface area contributed by atoms with Crippen LogP contribution >= 0.6 is 0 Å². The number of allylic oxidation sites excluding steroid dienone is 3. The molecule has 1 atom stereocenters. The number of ether oxygens (including phenoxy) is 4. The standard InChI is InChI=1S/C23H29NO7/c1-4-29-20-10-7-17(21(26)13-20)6-5-11-30-23(27)24-16(2)12-18-8-9-19(28-3)14-22(18)31-15-25/h8-9,12-15,17H,4-7,10-11H2,1-3H3,(H,24,27)/b16-12+. The second kappa shape index (κ2) is 12.4. The Morgan fingerprint density at radius 2 is 2.13 bits per heavy atom. The van der Waals surface area contributed by atoms with Crippen LogP contribution in [-0.4, -0.2) is 38.7 Å². The van der Waals surface area contributed by atoms with Gasteiger partial charge in [-0.1, -0.05) is 0 Å². The van der Waals surface area contributed by atoms with Crippen molar-refractivity contribution in [3.63, 3.8) is 0 Å². The first-order valence-corrected chi connectivity index (χ1v) is 10.2. The zero-order valence-corrected chi connectivity index (χ0v) is 18.1. The van der Waals surface area contributed by atoms with Gasteiger partial charge in [-0.05, 0) is 51.3 Å². The van der Waals surface area contributed by atoms with Gasteiger partial charge in [0.15, 0.2) is 5.78 Å². The lowest BCUT2D eigenvalue weighted by molar-refractivity contribution is -0.121. The predicted molar refractivity (Wildman–Crippen MR) is 114 cm³/mol. The first-order valence-electron chi connectivity index (χ1n) is 10.2. The van der Waals surface area contributed by atoms with E-state index in [0.717, 1.165) is 18.6 Å².